The van der Waals surface area contributed by atoms with Gasteiger partial charge in [-0.25, -0.2) is 0 Å². The lowest BCUT2D eigenvalue weighted by molar-refractivity contribution is -0.143. The van der Waals surface area contributed by atoms with E-state index in [9.17, 15) is 4.79 Å². The van der Waals surface area contributed by atoms with Gasteiger partial charge in [-0.2, -0.15) is 0 Å². The number of unbranched alkanes of at least 4 members (excludes halogenated alkanes) is 4. The van der Waals surface area contributed by atoms with E-state index in [4.69, 9.17) is 5.11 Å². The molecule has 0 amide bonds. The lowest BCUT2D eigenvalue weighted by Gasteiger charge is -2.33. The van der Waals surface area contributed by atoms with E-state index in [1.807, 2.05) is 0 Å². The standard InChI is InChI=1S/C12H24N2O2/c1-2-3-4-5-6-8-14-9-7-13-10-11(14)12(15)16/h11,13H,2-10H2,1H3,(H,15,16). The zero-order valence-electron chi connectivity index (χ0n) is 10.2. The second-order valence-corrected chi connectivity index (χ2v) is 4.51. The average Bonchev–Trinajstić information content (AvgIpc) is 2.29. The Bertz CT molecular complexity index is 209. The highest BCUT2D eigenvalue weighted by molar-refractivity contribution is 5.73. The lowest BCUT2D eigenvalue weighted by Crippen LogP contribution is -2.55. The molecule has 4 nitrogen and oxygen atoms in total. The molecule has 1 fully saturated rings. The van der Waals surface area contributed by atoms with Gasteiger partial charge in [0, 0.05) is 19.6 Å². The topological polar surface area (TPSA) is 52.6 Å². The number of carboxylic acids is 1. The molecular weight excluding hydrogens is 204 g/mol. The van der Waals surface area contributed by atoms with E-state index in [0.717, 1.165) is 26.1 Å². The molecule has 0 aromatic carbocycles. The van der Waals surface area contributed by atoms with Crippen LogP contribution in [0.15, 0.2) is 0 Å². The Kier molecular flexibility index (Phi) is 6.42. The Morgan fingerprint density at radius 3 is 2.81 bits per heavy atom. The van der Waals surface area contributed by atoms with Crippen LogP contribution in [0.25, 0.3) is 0 Å². The van der Waals surface area contributed by atoms with Crippen LogP contribution in [-0.4, -0.2) is 48.2 Å². The number of aliphatic carboxylic acids is 1. The van der Waals surface area contributed by atoms with E-state index in [2.05, 4.69) is 17.1 Å². The van der Waals surface area contributed by atoms with Crippen molar-refractivity contribution >= 4 is 5.97 Å². The molecule has 0 aromatic heterocycles. The highest BCUT2D eigenvalue weighted by atomic mass is 16.4. The third-order valence-electron chi connectivity index (χ3n) is 3.19. The van der Waals surface area contributed by atoms with E-state index in [1.54, 1.807) is 0 Å². The smallest absolute Gasteiger partial charge is 0.322 e. The van der Waals surface area contributed by atoms with Gasteiger partial charge >= 0.3 is 5.97 Å². The van der Waals surface area contributed by atoms with E-state index >= 15 is 0 Å². The number of rotatable bonds is 7. The first-order chi connectivity index (χ1) is 7.75. The summed E-state index contributed by atoms with van der Waals surface area (Å²) >= 11 is 0. The summed E-state index contributed by atoms with van der Waals surface area (Å²) in [4.78, 5) is 13.1. The molecule has 16 heavy (non-hydrogen) atoms. The van der Waals surface area contributed by atoms with Gasteiger partial charge in [-0.05, 0) is 13.0 Å². The maximum absolute atomic E-state index is 11.0. The van der Waals surface area contributed by atoms with Gasteiger partial charge in [-0.3, -0.25) is 9.69 Å². The predicted molar refractivity (Wildman–Crippen MR) is 64.6 cm³/mol. The van der Waals surface area contributed by atoms with Gasteiger partial charge in [0.15, 0.2) is 0 Å². The van der Waals surface area contributed by atoms with Crippen molar-refractivity contribution in [1.82, 2.24) is 10.2 Å². The molecule has 0 saturated carbocycles. The Hall–Kier alpha value is -0.610. The minimum atomic E-state index is -0.694. The first-order valence-corrected chi connectivity index (χ1v) is 6.43. The molecule has 1 heterocycles. The molecule has 0 bridgehead atoms. The van der Waals surface area contributed by atoms with Gasteiger partial charge in [0.2, 0.25) is 0 Å². The van der Waals surface area contributed by atoms with Crippen molar-refractivity contribution in [3.63, 3.8) is 0 Å². The summed E-state index contributed by atoms with van der Waals surface area (Å²) in [6, 6.07) is -0.320. The van der Waals surface area contributed by atoms with Gasteiger partial charge in [-0.15, -0.1) is 0 Å². The molecule has 0 radical (unpaired) electrons. The van der Waals surface area contributed by atoms with E-state index in [-0.39, 0.29) is 6.04 Å². The second kappa shape index (κ2) is 7.63. The van der Waals surface area contributed by atoms with E-state index in [0.29, 0.717) is 6.54 Å². The number of hydrogen-bond acceptors (Lipinski definition) is 3. The van der Waals surface area contributed by atoms with Crippen molar-refractivity contribution in [2.24, 2.45) is 0 Å². The zero-order chi connectivity index (χ0) is 11.8. The van der Waals surface area contributed by atoms with Gasteiger partial charge in [0.25, 0.3) is 0 Å². The van der Waals surface area contributed by atoms with Crippen molar-refractivity contribution in [2.45, 2.75) is 45.1 Å². The molecule has 0 spiro atoms. The molecule has 2 N–H and O–H groups in total. The molecule has 1 rings (SSSR count). The zero-order valence-corrected chi connectivity index (χ0v) is 10.2. The Balaban J connectivity index is 2.19. The van der Waals surface area contributed by atoms with Gasteiger partial charge in [-0.1, -0.05) is 32.6 Å². The van der Waals surface area contributed by atoms with Crippen molar-refractivity contribution in [2.75, 3.05) is 26.2 Å². The summed E-state index contributed by atoms with van der Waals surface area (Å²) in [5.41, 5.74) is 0. The van der Waals surface area contributed by atoms with Crippen LogP contribution < -0.4 is 5.32 Å². The molecule has 1 unspecified atom stereocenters. The number of piperazine rings is 1. The van der Waals surface area contributed by atoms with Crippen LogP contribution in [-0.2, 0) is 4.79 Å². The molecule has 94 valence electrons. The fourth-order valence-corrected chi connectivity index (χ4v) is 2.18. The van der Waals surface area contributed by atoms with Crippen LogP contribution in [0.2, 0.25) is 0 Å². The first-order valence-electron chi connectivity index (χ1n) is 6.43. The van der Waals surface area contributed by atoms with Gasteiger partial charge in [0.1, 0.15) is 6.04 Å². The molecule has 1 saturated heterocycles. The van der Waals surface area contributed by atoms with Crippen molar-refractivity contribution in [3.05, 3.63) is 0 Å². The maximum atomic E-state index is 11.0. The fourth-order valence-electron chi connectivity index (χ4n) is 2.18. The fraction of sp³-hybridized carbons (Fsp3) is 0.917. The molecule has 1 aliphatic rings. The summed E-state index contributed by atoms with van der Waals surface area (Å²) in [6.45, 7) is 5.51. The van der Waals surface area contributed by atoms with Crippen LogP contribution in [0.3, 0.4) is 0 Å². The van der Waals surface area contributed by atoms with Crippen molar-refractivity contribution in [3.8, 4) is 0 Å². The quantitative estimate of drug-likeness (QED) is 0.645. The van der Waals surface area contributed by atoms with Crippen molar-refractivity contribution in [1.29, 1.82) is 0 Å². The number of nitrogens with one attached hydrogen (secondary N) is 1. The lowest BCUT2D eigenvalue weighted by atomic mass is 10.1. The molecule has 0 aromatic rings. The molecule has 1 aliphatic heterocycles. The molecule has 0 aliphatic carbocycles. The first kappa shape index (κ1) is 13.5. The Morgan fingerprint density at radius 2 is 2.12 bits per heavy atom. The second-order valence-electron chi connectivity index (χ2n) is 4.51. The largest absolute Gasteiger partial charge is 0.480 e. The normalized spacial score (nSPS) is 22.2. The van der Waals surface area contributed by atoms with E-state index < -0.39 is 5.97 Å². The van der Waals surface area contributed by atoms with Gasteiger partial charge in [0.05, 0.1) is 0 Å². The number of carboxylic acid groups (broad SMARTS) is 1. The average molecular weight is 228 g/mol. The van der Waals surface area contributed by atoms with Crippen molar-refractivity contribution < 1.29 is 9.90 Å². The summed E-state index contributed by atoms with van der Waals surface area (Å²) < 4.78 is 0. The maximum Gasteiger partial charge on any atom is 0.322 e. The SMILES string of the molecule is CCCCCCCN1CCNCC1C(=O)O. The van der Waals surface area contributed by atoms with E-state index in [1.165, 1.54) is 25.7 Å². The third kappa shape index (κ3) is 4.49. The summed E-state index contributed by atoms with van der Waals surface area (Å²) in [6.07, 6.45) is 6.18. The Labute approximate surface area is 98.0 Å². The highest BCUT2D eigenvalue weighted by Crippen LogP contribution is 2.08. The molecule has 1 atom stereocenters. The predicted octanol–water partition coefficient (Wildman–Crippen LogP) is 1.32. The van der Waals surface area contributed by atoms with Crippen LogP contribution >= 0.6 is 0 Å². The van der Waals surface area contributed by atoms with Crippen LogP contribution in [0.1, 0.15) is 39.0 Å². The number of nitrogens with zero attached hydrogens (tertiary/aromatic N) is 1. The minimum absolute atomic E-state index is 0.320. The molecular formula is C12H24N2O2. The van der Waals surface area contributed by atoms with Crippen LogP contribution in [0.5, 0.6) is 0 Å². The highest BCUT2D eigenvalue weighted by Gasteiger charge is 2.27. The summed E-state index contributed by atoms with van der Waals surface area (Å²) in [5, 5.41) is 12.2. The van der Waals surface area contributed by atoms with Crippen LogP contribution in [0.4, 0.5) is 0 Å². The third-order valence-corrected chi connectivity index (χ3v) is 3.19. The van der Waals surface area contributed by atoms with Crippen LogP contribution in [0, 0.1) is 0 Å². The number of carbonyl (C=O) groups is 1. The Morgan fingerprint density at radius 1 is 1.38 bits per heavy atom. The molecule has 4 heteroatoms. The minimum Gasteiger partial charge on any atom is -0.480 e. The van der Waals surface area contributed by atoms with Gasteiger partial charge < -0.3 is 10.4 Å². The number of hydrogen-bond donors (Lipinski definition) is 2. The monoisotopic (exact) mass is 228 g/mol. The summed E-state index contributed by atoms with van der Waals surface area (Å²) in [7, 11) is 0. The summed E-state index contributed by atoms with van der Waals surface area (Å²) in [5.74, 6) is -0.694.